The van der Waals surface area contributed by atoms with E-state index in [4.69, 9.17) is 4.74 Å². The highest BCUT2D eigenvalue weighted by Crippen LogP contribution is 2.13. The molecular weight excluding hydrogens is 256 g/mol. The standard InChI is InChI=1S/C12H17F2N3O2/c1-3-6-16(9-11(18)19-4-2)8-10-15-5-7-17(10)12(13)14/h3,5,7,12H,1,4,6,8-9H2,2H3. The molecule has 5 nitrogen and oxygen atoms in total. The molecule has 0 saturated carbocycles. The van der Waals surface area contributed by atoms with Gasteiger partial charge >= 0.3 is 12.5 Å². The molecule has 19 heavy (non-hydrogen) atoms. The normalized spacial score (nSPS) is 11.0. The van der Waals surface area contributed by atoms with Crippen LogP contribution in [0, 0.1) is 0 Å². The Bertz CT molecular complexity index is 421. The largest absolute Gasteiger partial charge is 0.465 e. The van der Waals surface area contributed by atoms with Crippen LogP contribution in [-0.2, 0) is 16.1 Å². The van der Waals surface area contributed by atoms with Crippen molar-refractivity contribution in [1.29, 1.82) is 0 Å². The van der Waals surface area contributed by atoms with E-state index in [1.807, 2.05) is 0 Å². The van der Waals surface area contributed by atoms with Gasteiger partial charge < -0.3 is 4.74 Å². The minimum atomic E-state index is -2.65. The fourth-order valence-electron chi connectivity index (χ4n) is 1.60. The van der Waals surface area contributed by atoms with E-state index in [2.05, 4.69) is 11.6 Å². The number of halogens is 2. The van der Waals surface area contributed by atoms with Gasteiger partial charge in [0, 0.05) is 18.9 Å². The van der Waals surface area contributed by atoms with E-state index in [1.165, 1.54) is 12.4 Å². The Balaban J connectivity index is 2.69. The minimum absolute atomic E-state index is 0.00988. The van der Waals surface area contributed by atoms with Crippen LogP contribution in [0.1, 0.15) is 19.3 Å². The zero-order chi connectivity index (χ0) is 14.3. The second-order valence-electron chi connectivity index (χ2n) is 3.79. The van der Waals surface area contributed by atoms with E-state index in [0.717, 1.165) is 4.57 Å². The first-order valence-electron chi connectivity index (χ1n) is 5.87. The number of nitrogens with zero attached hydrogens (tertiary/aromatic N) is 3. The Morgan fingerprint density at radius 1 is 1.68 bits per heavy atom. The Kier molecular flexibility index (Phi) is 6.14. The summed E-state index contributed by atoms with van der Waals surface area (Å²) in [6.07, 6.45) is 4.10. The van der Waals surface area contributed by atoms with Crippen LogP contribution in [0.25, 0.3) is 0 Å². The van der Waals surface area contributed by atoms with Crippen LogP contribution in [0.2, 0.25) is 0 Å². The summed E-state index contributed by atoms with van der Waals surface area (Å²) in [7, 11) is 0. The zero-order valence-electron chi connectivity index (χ0n) is 10.8. The number of hydrogen-bond donors (Lipinski definition) is 0. The predicted octanol–water partition coefficient (Wildman–Crippen LogP) is 1.83. The van der Waals surface area contributed by atoms with E-state index in [0.29, 0.717) is 6.54 Å². The minimum Gasteiger partial charge on any atom is -0.465 e. The Morgan fingerprint density at radius 2 is 2.42 bits per heavy atom. The first-order chi connectivity index (χ1) is 9.08. The van der Waals surface area contributed by atoms with Gasteiger partial charge in [0.15, 0.2) is 0 Å². The fourth-order valence-corrected chi connectivity index (χ4v) is 1.60. The van der Waals surface area contributed by atoms with Gasteiger partial charge in [-0.2, -0.15) is 8.78 Å². The van der Waals surface area contributed by atoms with Gasteiger partial charge in [0.1, 0.15) is 5.82 Å². The molecule has 1 aromatic rings. The van der Waals surface area contributed by atoms with Gasteiger partial charge in [0.25, 0.3) is 0 Å². The van der Waals surface area contributed by atoms with Crippen molar-refractivity contribution in [2.75, 3.05) is 19.7 Å². The molecule has 0 aliphatic heterocycles. The molecule has 0 bridgehead atoms. The van der Waals surface area contributed by atoms with Gasteiger partial charge in [-0.3, -0.25) is 14.3 Å². The number of carbonyl (C=O) groups excluding carboxylic acids is 1. The van der Waals surface area contributed by atoms with Crippen molar-refractivity contribution in [3.63, 3.8) is 0 Å². The second-order valence-corrected chi connectivity index (χ2v) is 3.79. The maximum Gasteiger partial charge on any atom is 0.320 e. The number of carbonyl (C=O) groups is 1. The van der Waals surface area contributed by atoms with Crippen LogP contribution in [0.4, 0.5) is 8.78 Å². The summed E-state index contributed by atoms with van der Waals surface area (Å²) in [5.41, 5.74) is 0. The quantitative estimate of drug-likeness (QED) is 0.535. The first kappa shape index (κ1) is 15.3. The van der Waals surface area contributed by atoms with Crippen LogP contribution in [0.5, 0.6) is 0 Å². The molecule has 0 unspecified atom stereocenters. The molecule has 0 radical (unpaired) electrons. The van der Waals surface area contributed by atoms with Crippen molar-refractivity contribution in [2.24, 2.45) is 0 Å². The van der Waals surface area contributed by atoms with Crippen molar-refractivity contribution in [2.45, 2.75) is 20.0 Å². The Morgan fingerprint density at radius 3 is 3.00 bits per heavy atom. The third-order valence-corrected chi connectivity index (χ3v) is 2.37. The molecule has 106 valence electrons. The van der Waals surface area contributed by atoms with Crippen molar-refractivity contribution in [3.8, 4) is 0 Å². The molecule has 1 heterocycles. The SMILES string of the molecule is C=CCN(CC(=O)OCC)Cc1nccn1C(F)F. The fraction of sp³-hybridized carbons (Fsp3) is 0.500. The van der Waals surface area contributed by atoms with Crippen molar-refractivity contribution < 1.29 is 18.3 Å². The van der Waals surface area contributed by atoms with E-state index in [1.54, 1.807) is 17.9 Å². The maximum atomic E-state index is 12.7. The lowest BCUT2D eigenvalue weighted by Gasteiger charge is -2.19. The molecule has 7 heteroatoms. The molecule has 0 aliphatic rings. The number of esters is 1. The van der Waals surface area contributed by atoms with Gasteiger partial charge in [-0.15, -0.1) is 6.58 Å². The molecule has 0 N–H and O–H groups in total. The van der Waals surface area contributed by atoms with Gasteiger partial charge in [-0.25, -0.2) is 4.98 Å². The van der Waals surface area contributed by atoms with Crippen molar-refractivity contribution >= 4 is 5.97 Å². The first-order valence-corrected chi connectivity index (χ1v) is 5.87. The third-order valence-electron chi connectivity index (χ3n) is 2.37. The van der Waals surface area contributed by atoms with E-state index in [9.17, 15) is 13.6 Å². The maximum absolute atomic E-state index is 12.7. The number of alkyl halides is 2. The van der Waals surface area contributed by atoms with Gasteiger partial charge in [-0.05, 0) is 6.92 Å². The molecule has 0 fully saturated rings. The average molecular weight is 273 g/mol. The summed E-state index contributed by atoms with van der Waals surface area (Å²) in [4.78, 5) is 16.9. The zero-order valence-corrected chi connectivity index (χ0v) is 10.8. The van der Waals surface area contributed by atoms with E-state index in [-0.39, 0.29) is 25.5 Å². The smallest absolute Gasteiger partial charge is 0.320 e. The number of aromatic nitrogens is 2. The van der Waals surface area contributed by atoms with Crippen molar-refractivity contribution in [1.82, 2.24) is 14.5 Å². The molecular formula is C12H17F2N3O2. The summed E-state index contributed by atoms with van der Waals surface area (Å²) in [5, 5.41) is 0. The summed E-state index contributed by atoms with van der Waals surface area (Å²) in [5.74, 6) is -0.208. The number of ether oxygens (including phenoxy) is 1. The van der Waals surface area contributed by atoms with Gasteiger partial charge in [0.2, 0.25) is 0 Å². The molecule has 0 amide bonds. The highest BCUT2D eigenvalue weighted by atomic mass is 19.3. The molecule has 0 atom stereocenters. The molecule has 0 saturated heterocycles. The van der Waals surface area contributed by atoms with Gasteiger partial charge in [0.05, 0.1) is 19.7 Å². The monoisotopic (exact) mass is 273 g/mol. The highest BCUT2D eigenvalue weighted by molar-refractivity contribution is 5.71. The van der Waals surface area contributed by atoms with Gasteiger partial charge in [-0.1, -0.05) is 6.08 Å². The Labute approximate surface area is 110 Å². The molecule has 0 aromatic carbocycles. The highest BCUT2D eigenvalue weighted by Gasteiger charge is 2.16. The lowest BCUT2D eigenvalue weighted by Crippen LogP contribution is -2.32. The van der Waals surface area contributed by atoms with Crippen LogP contribution >= 0.6 is 0 Å². The molecule has 1 rings (SSSR count). The van der Waals surface area contributed by atoms with Crippen LogP contribution in [-0.4, -0.2) is 40.1 Å². The summed E-state index contributed by atoms with van der Waals surface area (Å²) >= 11 is 0. The number of rotatable bonds is 8. The van der Waals surface area contributed by atoms with E-state index >= 15 is 0 Å². The molecule has 0 aliphatic carbocycles. The topological polar surface area (TPSA) is 47.4 Å². The lowest BCUT2D eigenvalue weighted by molar-refractivity contribution is -0.144. The van der Waals surface area contributed by atoms with Crippen LogP contribution in [0.15, 0.2) is 25.0 Å². The second kappa shape index (κ2) is 7.63. The summed E-state index contributed by atoms with van der Waals surface area (Å²) in [6, 6.07) is 0. The number of hydrogen-bond acceptors (Lipinski definition) is 4. The van der Waals surface area contributed by atoms with E-state index < -0.39 is 12.5 Å². The lowest BCUT2D eigenvalue weighted by atomic mass is 10.4. The third kappa shape index (κ3) is 4.78. The predicted molar refractivity (Wildman–Crippen MR) is 65.6 cm³/mol. The van der Waals surface area contributed by atoms with Crippen LogP contribution in [0.3, 0.4) is 0 Å². The number of imidazole rings is 1. The Hall–Kier alpha value is -1.76. The average Bonchev–Trinajstić information content (AvgIpc) is 2.77. The summed E-state index contributed by atoms with van der Waals surface area (Å²) in [6.45, 7) is 3.44. The summed E-state index contributed by atoms with van der Waals surface area (Å²) < 4.78 is 30.9. The molecule has 0 spiro atoms. The molecule has 1 aromatic heterocycles. The van der Waals surface area contributed by atoms with Crippen molar-refractivity contribution in [3.05, 3.63) is 30.9 Å². The van der Waals surface area contributed by atoms with Crippen LogP contribution < -0.4 is 0 Å².